The highest BCUT2D eigenvalue weighted by atomic mass is 16.3. The monoisotopic (exact) mass is 570 g/mol. The zero-order chi connectivity index (χ0) is 29.5. The van der Waals surface area contributed by atoms with Gasteiger partial charge in [0.1, 0.15) is 11.2 Å². The largest absolute Gasteiger partial charge is 0.456 e. The second kappa shape index (κ2) is 9.29. The van der Waals surface area contributed by atoms with Crippen molar-refractivity contribution in [1.29, 1.82) is 0 Å². The van der Waals surface area contributed by atoms with Crippen molar-refractivity contribution in [2.24, 2.45) is 0 Å². The predicted molar refractivity (Wildman–Crippen MR) is 191 cm³/mol. The first-order valence-corrected chi connectivity index (χ1v) is 15.5. The molecule has 45 heavy (non-hydrogen) atoms. The molecule has 0 spiro atoms. The van der Waals surface area contributed by atoms with Crippen LogP contribution < -0.4 is 0 Å². The summed E-state index contributed by atoms with van der Waals surface area (Å²) in [6.45, 7) is 0. The standard InChI is InChI=1S/C44H26O/c1-2-12-27(13-3-1)30-24-25-40-44-37(30)26-38(36-22-11-23-39(45-40)43(36)44)42-34-19-8-6-17-32(34)41(33-18-7-9-20-35(33)42)31-21-10-15-28-14-4-5-16-29(28)31/h1-26H. The van der Waals surface area contributed by atoms with Crippen LogP contribution in [0.25, 0.3) is 98.4 Å². The lowest BCUT2D eigenvalue weighted by Crippen LogP contribution is -1.93. The molecule has 0 atom stereocenters. The maximum absolute atomic E-state index is 6.49. The normalized spacial score (nSPS) is 12.0. The van der Waals surface area contributed by atoms with E-state index in [1.165, 1.54) is 87.2 Å². The first-order chi connectivity index (χ1) is 22.3. The lowest BCUT2D eigenvalue weighted by molar-refractivity contribution is 0.669. The van der Waals surface area contributed by atoms with E-state index in [0.29, 0.717) is 0 Å². The van der Waals surface area contributed by atoms with Crippen LogP contribution in [-0.4, -0.2) is 0 Å². The molecule has 208 valence electrons. The minimum Gasteiger partial charge on any atom is -0.456 e. The molecule has 10 rings (SSSR count). The molecule has 0 unspecified atom stereocenters. The van der Waals surface area contributed by atoms with E-state index < -0.39 is 0 Å². The van der Waals surface area contributed by atoms with Crippen LogP contribution in [-0.2, 0) is 0 Å². The summed E-state index contributed by atoms with van der Waals surface area (Å²) in [5, 5.41) is 12.4. The zero-order valence-corrected chi connectivity index (χ0v) is 24.4. The fourth-order valence-corrected chi connectivity index (χ4v) is 7.76. The van der Waals surface area contributed by atoms with E-state index in [2.05, 4.69) is 158 Å². The van der Waals surface area contributed by atoms with Crippen molar-refractivity contribution in [3.05, 3.63) is 158 Å². The van der Waals surface area contributed by atoms with Gasteiger partial charge >= 0.3 is 0 Å². The van der Waals surface area contributed by atoms with Gasteiger partial charge in [0.2, 0.25) is 0 Å². The van der Waals surface area contributed by atoms with Gasteiger partial charge in [-0.05, 0) is 94.7 Å². The average Bonchev–Trinajstić information content (AvgIpc) is 3.50. The van der Waals surface area contributed by atoms with Crippen LogP contribution in [0, 0.1) is 0 Å². The van der Waals surface area contributed by atoms with E-state index in [9.17, 15) is 0 Å². The highest BCUT2D eigenvalue weighted by Gasteiger charge is 2.23. The Labute approximate surface area is 259 Å². The molecule has 0 aliphatic rings. The zero-order valence-electron chi connectivity index (χ0n) is 24.4. The van der Waals surface area contributed by atoms with Crippen LogP contribution in [0.1, 0.15) is 0 Å². The maximum Gasteiger partial charge on any atom is 0.136 e. The van der Waals surface area contributed by atoms with Gasteiger partial charge in [-0.3, -0.25) is 0 Å². The first kappa shape index (κ1) is 24.5. The Bertz CT molecular complexity index is 2680. The summed E-state index contributed by atoms with van der Waals surface area (Å²) >= 11 is 0. The molecule has 0 bridgehead atoms. The van der Waals surface area contributed by atoms with Crippen molar-refractivity contribution >= 4 is 65.0 Å². The summed E-state index contributed by atoms with van der Waals surface area (Å²) in [4.78, 5) is 0. The Morgan fingerprint density at radius 1 is 0.311 bits per heavy atom. The number of furan rings is 1. The fourth-order valence-electron chi connectivity index (χ4n) is 7.76. The number of hydrogen-bond acceptors (Lipinski definition) is 1. The molecule has 1 aromatic heterocycles. The molecule has 9 aromatic carbocycles. The van der Waals surface area contributed by atoms with Gasteiger partial charge in [-0.1, -0.05) is 140 Å². The first-order valence-electron chi connectivity index (χ1n) is 15.5. The Morgan fingerprint density at radius 3 is 1.58 bits per heavy atom. The Kier molecular flexibility index (Phi) is 5.06. The molecule has 1 nitrogen and oxygen atoms in total. The van der Waals surface area contributed by atoms with Gasteiger partial charge < -0.3 is 4.42 Å². The summed E-state index contributed by atoms with van der Waals surface area (Å²) in [6, 6.07) is 57.3. The highest BCUT2D eigenvalue weighted by Crippen LogP contribution is 2.50. The van der Waals surface area contributed by atoms with E-state index in [-0.39, 0.29) is 0 Å². The van der Waals surface area contributed by atoms with E-state index in [1.807, 2.05) is 0 Å². The highest BCUT2D eigenvalue weighted by molar-refractivity contribution is 6.31. The molecule has 0 N–H and O–H groups in total. The Morgan fingerprint density at radius 2 is 0.844 bits per heavy atom. The van der Waals surface area contributed by atoms with Crippen molar-refractivity contribution in [3.8, 4) is 33.4 Å². The van der Waals surface area contributed by atoms with Gasteiger partial charge in [-0.15, -0.1) is 0 Å². The van der Waals surface area contributed by atoms with Gasteiger partial charge in [0.05, 0.1) is 0 Å². The van der Waals surface area contributed by atoms with Crippen molar-refractivity contribution in [1.82, 2.24) is 0 Å². The smallest absolute Gasteiger partial charge is 0.136 e. The molecule has 0 amide bonds. The van der Waals surface area contributed by atoms with Gasteiger partial charge in [0.15, 0.2) is 0 Å². The van der Waals surface area contributed by atoms with Gasteiger partial charge in [0, 0.05) is 10.8 Å². The summed E-state index contributed by atoms with van der Waals surface area (Å²) < 4.78 is 6.49. The minimum absolute atomic E-state index is 0.931. The van der Waals surface area contributed by atoms with Crippen molar-refractivity contribution in [2.45, 2.75) is 0 Å². The van der Waals surface area contributed by atoms with E-state index in [4.69, 9.17) is 4.42 Å². The quantitative estimate of drug-likeness (QED) is 0.152. The van der Waals surface area contributed by atoms with E-state index >= 15 is 0 Å². The van der Waals surface area contributed by atoms with Crippen LogP contribution in [0.15, 0.2) is 162 Å². The lowest BCUT2D eigenvalue weighted by Gasteiger charge is -2.20. The van der Waals surface area contributed by atoms with Crippen molar-refractivity contribution in [3.63, 3.8) is 0 Å². The molecule has 0 radical (unpaired) electrons. The third-order valence-electron chi connectivity index (χ3n) is 9.63. The average molecular weight is 571 g/mol. The SMILES string of the molecule is c1ccc(-c2ccc3oc4cccc5c(-c6c7ccccc7c(-c7cccc8ccccc78)c7ccccc67)cc2c3c45)cc1. The predicted octanol–water partition coefficient (Wildman–Crippen LogP) is 12.6. The van der Waals surface area contributed by atoms with Gasteiger partial charge in [-0.25, -0.2) is 0 Å². The van der Waals surface area contributed by atoms with Crippen LogP contribution in [0.2, 0.25) is 0 Å². The topological polar surface area (TPSA) is 13.1 Å². The third kappa shape index (κ3) is 3.44. The lowest BCUT2D eigenvalue weighted by atomic mass is 9.82. The Balaban J connectivity index is 1.40. The summed E-state index contributed by atoms with van der Waals surface area (Å²) in [5.74, 6) is 0. The van der Waals surface area contributed by atoms with Gasteiger partial charge in [0.25, 0.3) is 0 Å². The second-order valence-corrected chi connectivity index (χ2v) is 12.0. The fraction of sp³-hybridized carbons (Fsp3) is 0. The molecule has 10 aromatic rings. The van der Waals surface area contributed by atoms with Gasteiger partial charge in [-0.2, -0.15) is 0 Å². The summed E-state index contributed by atoms with van der Waals surface area (Å²) in [7, 11) is 0. The molecule has 1 heteroatoms. The summed E-state index contributed by atoms with van der Waals surface area (Å²) in [5.41, 5.74) is 9.34. The molecular weight excluding hydrogens is 544 g/mol. The van der Waals surface area contributed by atoms with Crippen LogP contribution in [0.5, 0.6) is 0 Å². The third-order valence-corrected chi connectivity index (χ3v) is 9.63. The number of fused-ring (bicyclic) bond motifs is 3. The molecule has 1 heterocycles. The summed E-state index contributed by atoms with van der Waals surface area (Å²) in [6.07, 6.45) is 0. The maximum atomic E-state index is 6.49. The molecule has 0 aliphatic heterocycles. The van der Waals surface area contributed by atoms with E-state index in [0.717, 1.165) is 11.2 Å². The Hall–Kier alpha value is -5.92. The molecule has 0 aliphatic carbocycles. The molecule has 0 fully saturated rings. The van der Waals surface area contributed by atoms with E-state index in [1.54, 1.807) is 0 Å². The minimum atomic E-state index is 0.931. The van der Waals surface area contributed by atoms with Crippen LogP contribution >= 0.6 is 0 Å². The van der Waals surface area contributed by atoms with Crippen LogP contribution in [0.4, 0.5) is 0 Å². The van der Waals surface area contributed by atoms with Crippen molar-refractivity contribution in [2.75, 3.05) is 0 Å². The number of rotatable bonds is 3. The molecule has 0 saturated carbocycles. The van der Waals surface area contributed by atoms with Crippen LogP contribution in [0.3, 0.4) is 0 Å². The second-order valence-electron chi connectivity index (χ2n) is 12.0. The number of benzene rings is 9. The number of hydrogen-bond donors (Lipinski definition) is 0. The molecule has 0 saturated heterocycles. The van der Waals surface area contributed by atoms with Crippen molar-refractivity contribution < 1.29 is 4.42 Å². The molecular formula is C44H26O.